The van der Waals surface area contributed by atoms with Crippen molar-refractivity contribution in [2.24, 2.45) is 0 Å². The Labute approximate surface area is 121 Å². The average molecular weight is 280 g/mol. The molecule has 4 heteroatoms. The van der Waals surface area contributed by atoms with E-state index in [1.165, 1.54) is 0 Å². The molecule has 1 aliphatic rings. The molecular formula is C16H25FN2O. The van der Waals surface area contributed by atoms with Gasteiger partial charge in [0.05, 0.1) is 6.10 Å². The molecule has 112 valence electrons. The van der Waals surface area contributed by atoms with Crippen molar-refractivity contribution in [3.05, 3.63) is 29.1 Å². The molecule has 0 bridgehead atoms. The minimum absolute atomic E-state index is 0.118. The van der Waals surface area contributed by atoms with E-state index in [1.54, 1.807) is 6.07 Å². The smallest absolute Gasteiger partial charge is 0.126 e. The number of anilines is 1. The number of hydrogen-bond acceptors (Lipinski definition) is 3. The van der Waals surface area contributed by atoms with Gasteiger partial charge in [-0.2, -0.15) is 0 Å². The van der Waals surface area contributed by atoms with Gasteiger partial charge < -0.3 is 15.0 Å². The predicted molar refractivity (Wildman–Crippen MR) is 80.9 cm³/mol. The second-order valence-corrected chi connectivity index (χ2v) is 5.69. The minimum atomic E-state index is -0.142. The molecule has 1 fully saturated rings. The van der Waals surface area contributed by atoms with E-state index < -0.39 is 0 Å². The second-order valence-electron chi connectivity index (χ2n) is 5.69. The maximum absolute atomic E-state index is 13.9. The van der Waals surface area contributed by atoms with E-state index in [1.807, 2.05) is 27.0 Å². The Morgan fingerprint density at radius 2 is 2.25 bits per heavy atom. The Morgan fingerprint density at radius 3 is 2.85 bits per heavy atom. The first-order valence-corrected chi connectivity index (χ1v) is 7.33. The summed E-state index contributed by atoms with van der Waals surface area (Å²) >= 11 is 0. The summed E-state index contributed by atoms with van der Waals surface area (Å²) in [5.74, 6) is -0.142. The standard InChI is InChI=1S/C16H25FN2O/c1-11-8-16(14(9-15(11)17)12(2)18-3)19(4)10-13-6-5-7-20-13/h8-9,12-13,18H,5-7,10H2,1-4H3. The topological polar surface area (TPSA) is 24.5 Å². The van der Waals surface area contributed by atoms with Crippen LogP contribution in [0.5, 0.6) is 0 Å². The third kappa shape index (κ3) is 3.30. The number of aryl methyl sites for hydroxylation is 1. The van der Waals surface area contributed by atoms with Crippen LogP contribution in [0, 0.1) is 12.7 Å². The number of nitrogens with zero attached hydrogens (tertiary/aromatic N) is 1. The summed E-state index contributed by atoms with van der Waals surface area (Å²) in [7, 11) is 3.95. The highest BCUT2D eigenvalue weighted by atomic mass is 19.1. The molecule has 1 N–H and O–H groups in total. The molecule has 1 aromatic rings. The first-order valence-electron chi connectivity index (χ1n) is 7.33. The van der Waals surface area contributed by atoms with Crippen LogP contribution in [0.4, 0.5) is 10.1 Å². The molecule has 0 aliphatic carbocycles. The molecule has 2 unspecified atom stereocenters. The molecule has 2 rings (SSSR count). The molecule has 20 heavy (non-hydrogen) atoms. The van der Waals surface area contributed by atoms with Crippen molar-refractivity contribution in [1.29, 1.82) is 0 Å². The van der Waals surface area contributed by atoms with Gasteiger partial charge in [0.2, 0.25) is 0 Å². The molecular weight excluding hydrogens is 255 g/mol. The largest absolute Gasteiger partial charge is 0.376 e. The third-order valence-corrected chi connectivity index (χ3v) is 4.12. The first kappa shape index (κ1) is 15.3. The number of likely N-dealkylation sites (N-methyl/N-ethyl adjacent to an activating group) is 1. The van der Waals surface area contributed by atoms with Crippen LogP contribution in [-0.4, -0.2) is 33.4 Å². The highest BCUT2D eigenvalue weighted by Gasteiger charge is 2.21. The summed E-state index contributed by atoms with van der Waals surface area (Å²) in [5.41, 5.74) is 2.77. The van der Waals surface area contributed by atoms with Gasteiger partial charge in [-0.15, -0.1) is 0 Å². The van der Waals surface area contributed by atoms with E-state index >= 15 is 0 Å². The number of ether oxygens (including phenoxy) is 1. The fourth-order valence-electron chi connectivity index (χ4n) is 2.71. The molecule has 2 atom stereocenters. The lowest BCUT2D eigenvalue weighted by molar-refractivity contribution is 0.116. The number of rotatable bonds is 5. The minimum Gasteiger partial charge on any atom is -0.376 e. The van der Waals surface area contributed by atoms with Gasteiger partial charge in [0.15, 0.2) is 0 Å². The Morgan fingerprint density at radius 1 is 1.50 bits per heavy atom. The zero-order valence-corrected chi connectivity index (χ0v) is 12.9. The molecule has 1 aliphatic heterocycles. The summed E-state index contributed by atoms with van der Waals surface area (Å²) in [6.45, 7) is 5.58. The van der Waals surface area contributed by atoms with Gasteiger partial charge in [-0.05, 0) is 57.0 Å². The van der Waals surface area contributed by atoms with Gasteiger partial charge >= 0.3 is 0 Å². The number of benzene rings is 1. The first-order chi connectivity index (χ1) is 9.52. The van der Waals surface area contributed by atoms with Gasteiger partial charge in [-0.25, -0.2) is 4.39 Å². The maximum Gasteiger partial charge on any atom is 0.126 e. The fourth-order valence-corrected chi connectivity index (χ4v) is 2.71. The van der Waals surface area contributed by atoms with Crippen LogP contribution < -0.4 is 10.2 Å². The lowest BCUT2D eigenvalue weighted by Gasteiger charge is -2.27. The summed E-state index contributed by atoms with van der Waals surface area (Å²) in [6, 6.07) is 3.71. The molecule has 1 heterocycles. The van der Waals surface area contributed by atoms with Crippen LogP contribution in [0.1, 0.15) is 36.9 Å². The molecule has 0 spiro atoms. The highest BCUT2D eigenvalue weighted by Crippen LogP contribution is 2.29. The second kappa shape index (κ2) is 6.55. The van der Waals surface area contributed by atoms with Crippen molar-refractivity contribution in [2.45, 2.75) is 38.8 Å². The fraction of sp³-hybridized carbons (Fsp3) is 0.625. The zero-order chi connectivity index (χ0) is 14.7. The van der Waals surface area contributed by atoms with Crippen LogP contribution in [0.25, 0.3) is 0 Å². The SMILES string of the molecule is CNC(C)c1cc(F)c(C)cc1N(C)CC1CCCO1. The molecule has 3 nitrogen and oxygen atoms in total. The van der Waals surface area contributed by atoms with Crippen molar-refractivity contribution in [2.75, 3.05) is 32.1 Å². The normalized spacial score (nSPS) is 20.1. The van der Waals surface area contributed by atoms with Gasteiger partial charge in [0.1, 0.15) is 5.82 Å². The van der Waals surface area contributed by atoms with Crippen molar-refractivity contribution in [1.82, 2.24) is 5.32 Å². The highest BCUT2D eigenvalue weighted by molar-refractivity contribution is 5.56. The predicted octanol–water partition coefficient (Wildman–Crippen LogP) is 3.03. The molecule has 1 aromatic carbocycles. The number of halogens is 1. The van der Waals surface area contributed by atoms with Crippen LogP contribution in [-0.2, 0) is 4.74 Å². The molecule has 0 radical (unpaired) electrons. The van der Waals surface area contributed by atoms with Crippen molar-refractivity contribution in [3.8, 4) is 0 Å². The van der Waals surface area contributed by atoms with Crippen molar-refractivity contribution in [3.63, 3.8) is 0 Å². The Balaban J connectivity index is 2.25. The van der Waals surface area contributed by atoms with E-state index in [9.17, 15) is 4.39 Å². The zero-order valence-electron chi connectivity index (χ0n) is 12.9. The van der Waals surface area contributed by atoms with Crippen LogP contribution in [0.15, 0.2) is 12.1 Å². The lowest BCUT2D eigenvalue weighted by atomic mass is 10.0. The summed E-state index contributed by atoms with van der Waals surface area (Å²) in [6.07, 6.45) is 2.55. The monoisotopic (exact) mass is 280 g/mol. The average Bonchev–Trinajstić information content (AvgIpc) is 2.93. The Kier molecular flexibility index (Phi) is 5.00. The molecule has 1 saturated heterocycles. The summed E-state index contributed by atoms with van der Waals surface area (Å²) < 4.78 is 19.5. The van der Waals surface area contributed by atoms with Gasteiger partial charge in [0, 0.05) is 31.9 Å². The Bertz CT molecular complexity index is 458. The van der Waals surface area contributed by atoms with Crippen LogP contribution in [0.3, 0.4) is 0 Å². The van der Waals surface area contributed by atoms with Gasteiger partial charge in [0.25, 0.3) is 0 Å². The molecule has 0 saturated carbocycles. The Hall–Kier alpha value is -1.13. The van der Waals surface area contributed by atoms with E-state index in [0.717, 1.165) is 37.2 Å². The van der Waals surface area contributed by atoms with Crippen LogP contribution in [0.2, 0.25) is 0 Å². The lowest BCUT2D eigenvalue weighted by Crippen LogP contribution is -2.30. The summed E-state index contributed by atoms with van der Waals surface area (Å²) in [4.78, 5) is 2.19. The quantitative estimate of drug-likeness (QED) is 0.897. The number of nitrogens with one attached hydrogen (secondary N) is 1. The van der Waals surface area contributed by atoms with Crippen molar-refractivity contribution < 1.29 is 9.13 Å². The van der Waals surface area contributed by atoms with Gasteiger partial charge in [-0.3, -0.25) is 0 Å². The van der Waals surface area contributed by atoms with Crippen molar-refractivity contribution >= 4 is 5.69 Å². The van der Waals surface area contributed by atoms with E-state index in [2.05, 4.69) is 17.3 Å². The van der Waals surface area contributed by atoms with Crippen LogP contribution >= 0.6 is 0 Å². The third-order valence-electron chi connectivity index (χ3n) is 4.12. The summed E-state index contributed by atoms with van der Waals surface area (Å²) in [5, 5.41) is 3.19. The van der Waals surface area contributed by atoms with E-state index in [-0.39, 0.29) is 11.9 Å². The van der Waals surface area contributed by atoms with E-state index in [4.69, 9.17) is 4.74 Å². The van der Waals surface area contributed by atoms with E-state index in [0.29, 0.717) is 11.7 Å². The molecule has 0 amide bonds. The maximum atomic E-state index is 13.9. The molecule has 0 aromatic heterocycles. The number of hydrogen-bond donors (Lipinski definition) is 1. The van der Waals surface area contributed by atoms with Gasteiger partial charge in [-0.1, -0.05) is 0 Å².